The molecule has 2 rings (SSSR count). The molecule has 0 amide bonds. The number of hydrogen-bond donors (Lipinski definition) is 0. The summed E-state index contributed by atoms with van der Waals surface area (Å²) in [6.07, 6.45) is 1.38. The molecule has 6 heteroatoms. The standard InChI is InChI=1S/C15H15BrN2O3/c1-3-21-12-6-4-11(5-7-12)13(19)8-18-9-17-10(2)14(16)15(18)20/h4-7,9H,3,8H2,1-2H3. The molecule has 0 saturated carbocycles. The van der Waals surface area contributed by atoms with Crippen molar-refractivity contribution in [3.05, 3.63) is 56.7 Å². The van der Waals surface area contributed by atoms with Crippen LogP contribution in [0.4, 0.5) is 0 Å². The summed E-state index contributed by atoms with van der Waals surface area (Å²) < 4.78 is 6.99. The van der Waals surface area contributed by atoms with Crippen molar-refractivity contribution in [2.45, 2.75) is 20.4 Å². The van der Waals surface area contributed by atoms with Gasteiger partial charge in [0.25, 0.3) is 5.56 Å². The Morgan fingerprint density at radius 1 is 1.33 bits per heavy atom. The van der Waals surface area contributed by atoms with E-state index in [0.29, 0.717) is 28.1 Å². The number of rotatable bonds is 5. The van der Waals surface area contributed by atoms with Crippen LogP contribution in [-0.2, 0) is 6.54 Å². The van der Waals surface area contributed by atoms with E-state index in [0.717, 1.165) is 0 Å². The number of halogens is 1. The summed E-state index contributed by atoms with van der Waals surface area (Å²) in [5.41, 5.74) is 0.869. The second-order valence-corrected chi connectivity index (χ2v) is 5.25. The van der Waals surface area contributed by atoms with E-state index in [1.165, 1.54) is 10.9 Å². The second kappa shape index (κ2) is 6.67. The van der Waals surface area contributed by atoms with Crippen molar-refractivity contribution in [1.29, 1.82) is 0 Å². The Bertz CT molecular complexity index is 708. The average Bonchev–Trinajstić information content (AvgIpc) is 2.49. The lowest BCUT2D eigenvalue weighted by molar-refractivity contribution is 0.0970. The summed E-state index contributed by atoms with van der Waals surface area (Å²) in [6.45, 7) is 4.16. The van der Waals surface area contributed by atoms with Crippen molar-refractivity contribution in [3.63, 3.8) is 0 Å². The maximum atomic E-state index is 12.2. The Hall–Kier alpha value is -1.95. The van der Waals surface area contributed by atoms with Gasteiger partial charge in [0, 0.05) is 5.56 Å². The van der Waals surface area contributed by atoms with Gasteiger partial charge >= 0.3 is 0 Å². The van der Waals surface area contributed by atoms with E-state index in [1.807, 2.05) is 6.92 Å². The van der Waals surface area contributed by atoms with Crippen LogP contribution >= 0.6 is 15.9 Å². The van der Waals surface area contributed by atoms with Crippen molar-refractivity contribution in [2.75, 3.05) is 6.61 Å². The lowest BCUT2D eigenvalue weighted by Crippen LogP contribution is -2.25. The van der Waals surface area contributed by atoms with Crippen LogP contribution in [-0.4, -0.2) is 21.9 Å². The van der Waals surface area contributed by atoms with Gasteiger partial charge in [-0.1, -0.05) is 0 Å². The zero-order valence-electron chi connectivity index (χ0n) is 11.8. The van der Waals surface area contributed by atoms with Crippen molar-refractivity contribution in [2.24, 2.45) is 0 Å². The normalized spacial score (nSPS) is 10.4. The van der Waals surface area contributed by atoms with Crippen LogP contribution in [0.1, 0.15) is 23.0 Å². The number of aryl methyl sites for hydroxylation is 1. The van der Waals surface area contributed by atoms with Crippen molar-refractivity contribution in [1.82, 2.24) is 9.55 Å². The van der Waals surface area contributed by atoms with E-state index in [9.17, 15) is 9.59 Å². The fourth-order valence-corrected chi connectivity index (χ4v) is 2.14. The minimum atomic E-state index is -0.262. The molecule has 0 fully saturated rings. The van der Waals surface area contributed by atoms with Crippen LogP contribution in [0.25, 0.3) is 0 Å². The number of nitrogens with zero attached hydrogens (tertiary/aromatic N) is 2. The highest BCUT2D eigenvalue weighted by atomic mass is 79.9. The molecular weight excluding hydrogens is 336 g/mol. The van der Waals surface area contributed by atoms with Gasteiger partial charge in [0.1, 0.15) is 10.2 Å². The molecule has 0 bridgehead atoms. The molecule has 0 atom stereocenters. The number of benzene rings is 1. The number of ether oxygens (including phenoxy) is 1. The minimum Gasteiger partial charge on any atom is -0.494 e. The molecule has 110 valence electrons. The maximum absolute atomic E-state index is 12.2. The molecule has 2 aromatic rings. The van der Waals surface area contributed by atoms with Gasteiger partial charge in [-0.25, -0.2) is 4.98 Å². The van der Waals surface area contributed by atoms with E-state index in [1.54, 1.807) is 31.2 Å². The van der Waals surface area contributed by atoms with E-state index in [-0.39, 0.29) is 17.9 Å². The molecule has 0 spiro atoms. The molecular formula is C15H15BrN2O3. The summed E-state index contributed by atoms with van der Waals surface area (Å²) in [4.78, 5) is 28.3. The Balaban J connectivity index is 2.18. The summed E-state index contributed by atoms with van der Waals surface area (Å²) in [5.74, 6) is 0.559. The van der Waals surface area contributed by atoms with Crippen molar-refractivity contribution >= 4 is 21.7 Å². The Morgan fingerprint density at radius 3 is 2.62 bits per heavy atom. The third kappa shape index (κ3) is 3.58. The lowest BCUT2D eigenvalue weighted by atomic mass is 10.1. The minimum absolute atomic E-state index is 0.0430. The second-order valence-electron chi connectivity index (χ2n) is 4.46. The largest absolute Gasteiger partial charge is 0.494 e. The number of carbonyl (C=O) groups is 1. The Morgan fingerprint density at radius 2 is 2.00 bits per heavy atom. The van der Waals surface area contributed by atoms with Crippen molar-refractivity contribution < 1.29 is 9.53 Å². The maximum Gasteiger partial charge on any atom is 0.268 e. The van der Waals surface area contributed by atoms with Gasteiger partial charge in [-0.2, -0.15) is 0 Å². The van der Waals surface area contributed by atoms with Crippen LogP contribution in [0.2, 0.25) is 0 Å². The fourth-order valence-electron chi connectivity index (χ4n) is 1.81. The SMILES string of the molecule is CCOc1ccc(C(=O)Cn2cnc(C)c(Br)c2=O)cc1. The monoisotopic (exact) mass is 350 g/mol. The zero-order valence-corrected chi connectivity index (χ0v) is 13.4. The molecule has 1 heterocycles. The lowest BCUT2D eigenvalue weighted by Gasteiger charge is -2.07. The molecule has 0 unspecified atom stereocenters. The van der Waals surface area contributed by atoms with Gasteiger partial charge in [-0.3, -0.25) is 14.2 Å². The molecule has 1 aromatic heterocycles. The van der Waals surface area contributed by atoms with E-state index in [4.69, 9.17) is 4.74 Å². The third-order valence-electron chi connectivity index (χ3n) is 2.96. The van der Waals surface area contributed by atoms with Crippen LogP contribution in [0, 0.1) is 6.92 Å². The third-order valence-corrected chi connectivity index (χ3v) is 3.87. The molecule has 1 aromatic carbocycles. The van der Waals surface area contributed by atoms with Gasteiger partial charge in [-0.05, 0) is 54.0 Å². The van der Waals surface area contributed by atoms with Gasteiger partial charge < -0.3 is 4.74 Å². The van der Waals surface area contributed by atoms with Crippen LogP contribution in [0.15, 0.2) is 39.9 Å². The van der Waals surface area contributed by atoms with Gasteiger partial charge in [0.15, 0.2) is 5.78 Å². The van der Waals surface area contributed by atoms with Gasteiger partial charge in [-0.15, -0.1) is 0 Å². The highest BCUT2D eigenvalue weighted by molar-refractivity contribution is 9.10. The summed E-state index contributed by atoms with van der Waals surface area (Å²) >= 11 is 3.18. The first kappa shape index (κ1) is 15.4. The highest BCUT2D eigenvalue weighted by Gasteiger charge is 2.11. The molecule has 0 radical (unpaired) electrons. The fraction of sp³-hybridized carbons (Fsp3) is 0.267. The molecule has 0 aliphatic heterocycles. The van der Waals surface area contributed by atoms with Crippen molar-refractivity contribution in [3.8, 4) is 5.75 Å². The number of aromatic nitrogens is 2. The smallest absolute Gasteiger partial charge is 0.268 e. The number of Topliss-reactive ketones (excluding diaryl/α,β-unsaturated/α-hetero) is 1. The predicted molar refractivity (Wildman–Crippen MR) is 82.9 cm³/mol. The molecule has 0 aliphatic carbocycles. The topological polar surface area (TPSA) is 61.2 Å². The number of carbonyl (C=O) groups excluding carboxylic acids is 1. The predicted octanol–water partition coefficient (Wildman–Crippen LogP) is 2.60. The molecule has 5 nitrogen and oxygen atoms in total. The van der Waals surface area contributed by atoms with E-state index in [2.05, 4.69) is 20.9 Å². The van der Waals surface area contributed by atoms with Crippen LogP contribution in [0.5, 0.6) is 5.75 Å². The average molecular weight is 351 g/mol. The summed E-state index contributed by atoms with van der Waals surface area (Å²) in [6, 6.07) is 6.86. The molecule has 0 saturated heterocycles. The molecule has 21 heavy (non-hydrogen) atoms. The molecule has 0 aliphatic rings. The Labute approximate surface area is 130 Å². The number of hydrogen-bond acceptors (Lipinski definition) is 4. The first-order valence-corrected chi connectivity index (χ1v) is 7.29. The highest BCUT2D eigenvalue weighted by Crippen LogP contribution is 2.13. The summed E-state index contributed by atoms with van der Waals surface area (Å²) in [7, 11) is 0. The molecule has 0 N–H and O–H groups in total. The van der Waals surface area contributed by atoms with Crippen LogP contribution in [0.3, 0.4) is 0 Å². The quantitative estimate of drug-likeness (QED) is 0.777. The van der Waals surface area contributed by atoms with E-state index < -0.39 is 0 Å². The van der Waals surface area contributed by atoms with Gasteiger partial charge in [0.05, 0.1) is 25.2 Å². The first-order valence-electron chi connectivity index (χ1n) is 6.50. The summed E-state index contributed by atoms with van der Waals surface area (Å²) in [5, 5.41) is 0. The first-order chi connectivity index (χ1) is 10.0. The Kier molecular flexibility index (Phi) is 4.90. The van der Waals surface area contributed by atoms with E-state index >= 15 is 0 Å². The van der Waals surface area contributed by atoms with Crippen LogP contribution < -0.4 is 10.3 Å². The number of ketones is 1. The van der Waals surface area contributed by atoms with Gasteiger partial charge in [0.2, 0.25) is 0 Å². The zero-order chi connectivity index (χ0) is 15.4.